The third-order valence-electron chi connectivity index (χ3n) is 6.16. The van der Waals surface area contributed by atoms with Gasteiger partial charge in [0.1, 0.15) is 17.5 Å². The molecular formula is C27H24N6O5. The number of anilines is 2. The standard InChI is InChI=1S/C27H24N6O5/c1-16-23(26(34)29-19-7-5-4-6-8-19)24(17-9-11-20(12-10-17)33(35)36)32-27(28-16)30-25(31-32)18-13-21(37-2)15-22(14-18)38-3/h4-15,24H,1-3H3,(H,29,34)(H,28,30,31). The van der Waals surface area contributed by atoms with Crippen molar-refractivity contribution in [2.45, 2.75) is 13.0 Å². The average molecular weight is 513 g/mol. The molecule has 2 heterocycles. The Morgan fingerprint density at radius 2 is 1.68 bits per heavy atom. The van der Waals surface area contributed by atoms with Crippen molar-refractivity contribution in [2.75, 3.05) is 24.9 Å². The van der Waals surface area contributed by atoms with Crippen molar-refractivity contribution < 1.29 is 19.2 Å². The van der Waals surface area contributed by atoms with E-state index in [2.05, 4.69) is 15.6 Å². The highest BCUT2D eigenvalue weighted by Gasteiger charge is 2.35. The Balaban J connectivity index is 1.62. The average Bonchev–Trinajstić information content (AvgIpc) is 3.36. The van der Waals surface area contributed by atoms with E-state index >= 15 is 0 Å². The van der Waals surface area contributed by atoms with Gasteiger partial charge in [-0.3, -0.25) is 14.9 Å². The number of hydrogen-bond donors (Lipinski definition) is 2. The summed E-state index contributed by atoms with van der Waals surface area (Å²) >= 11 is 0. The van der Waals surface area contributed by atoms with Gasteiger partial charge in [0.25, 0.3) is 11.6 Å². The van der Waals surface area contributed by atoms with E-state index in [0.29, 0.717) is 51.4 Å². The lowest BCUT2D eigenvalue weighted by Crippen LogP contribution is -2.31. The molecule has 0 spiro atoms. The maximum atomic E-state index is 13.6. The van der Waals surface area contributed by atoms with E-state index in [0.717, 1.165) is 0 Å². The Bertz CT molecular complexity index is 1520. The van der Waals surface area contributed by atoms with Crippen molar-refractivity contribution >= 4 is 23.2 Å². The SMILES string of the molecule is COc1cc(OC)cc(-c2nc3n(n2)C(c2ccc([N+](=O)[O-])cc2)C(C(=O)Nc2ccccc2)=C(C)N3)c1. The zero-order valence-corrected chi connectivity index (χ0v) is 20.8. The highest BCUT2D eigenvalue weighted by Crippen LogP contribution is 2.38. The number of para-hydroxylation sites is 1. The van der Waals surface area contributed by atoms with E-state index in [9.17, 15) is 14.9 Å². The fourth-order valence-corrected chi connectivity index (χ4v) is 4.31. The Kier molecular flexibility index (Phi) is 6.48. The second-order valence-electron chi connectivity index (χ2n) is 8.54. The second kappa shape index (κ2) is 10.1. The minimum atomic E-state index is -0.704. The van der Waals surface area contributed by atoms with Crippen LogP contribution in [0.4, 0.5) is 17.3 Å². The summed E-state index contributed by atoms with van der Waals surface area (Å²) < 4.78 is 12.4. The summed E-state index contributed by atoms with van der Waals surface area (Å²) in [6.07, 6.45) is 0. The molecule has 0 saturated heterocycles. The number of nitro groups is 1. The number of aromatic nitrogens is 3. The highest BCUT2D eigenvalue weighted by atomic mass is 16.6. The van der Waals surface area contributed by atoms with E-state index < -0.39 is 11.0 Å². The molecule has 38 heavy (non-hydrogen) atoms. The predicted octanol–water partition coefficient (Wildman–Crippen LogP) is 4.80. The van der Waals surface area contributed by atoms with Crippen molar-refractivity contribution in [1.82, 2.24) is 14.8 Å². The Morgan fingerprint density at radius 3 is 2.29 bits per heavy atom. The van der Waals surface area contributed by atoms with Crippen LogP contribution in [0.1, 0.15) is 18.5 Å². The van der Waals surface area contributed by atoms with Crippen LogP contribution >= 0.6 is 0 Å². The van der Waals surface area contributed by atoms with E-state index in [1.807, 2.05) is 18.2 Å². The predicted molar refractivity (Wildman–Crippen MR) is 141 cm³/mol. The van der Waals surface area contributed by atoms with Crippen LogP contribution in [0.5, 0.6) is 11.5 Å². The molecule has 1 amide bonds. The summed E-state index contributed by atoms with van der Waals surface area (Å²) in [6, 6.07) is 19.8. The van der Waals surface area contributed by atoms with Crippen LogP contribution in [-0.4, -0.2) is 39.8 Å². The summed E-state index contributed by atoms with van der Waals surface area (Å²) in [5.41, 5.74) is 2.85. The van der Waals surface area contributed by atoms with Crippen LogP contribution in [0.3, 0.4) is 0 Å². The number of non-ortho nitro benzene ring substituents is 1. The summed E-state index contributed by atoms with van der Waals surface area (Å²) in [5.74, 6) is 1.61. The number of nitrogens with one attached hydrogen (secondary N) is 2. The molecule has 0 fully saturated rings. The number of fused-ring (bicyclic) bond motifs is 1. The number of amides is 1. The van der Waals surface area contributed by atoms with E-state index in [1.165, 1.54) is 12.1 Å². The number of allylic oxidation sites excluding steroid dienone is 1. The van der Waals surface area contributed by atoms with Gasteiger partial charge in [0.15, 0.2) is 5.82 Å². The van der Waals surface area contributed by atoms with Crippen molar-refractivity contribution in [2.24, 2.45) is 0 Å². The zero-order chi connectivity index (χ0) is 26.8. The molecule has 11 heteroatoms. The maximum Gasteiger partial charge on any atom is 0.269 e. The number of methoxy groups -OCH3 is 2. The van der Waals surface area contributed by atoms with E-state index in [4.69, 9.17) is 14.6 Å². The van der Waals surface area contributed by atoms with Crippen LogP contribution in [0.15, 0.2) is 84.1 Å². The molecule has 1 aromatic heterocycles. The largest absolute Gasteiger partial charge is 0.497 e. The fourth-order valence-electron chi connectivity index (χ4n) is 4.31. The normalized spacial score (nSPS) is 14.3. The first-order chi connectivity index (χ1) is 18.4. The van der Waals surface area contributed by atoms with Gasteiger partial charge < -0.3 is 20.1 Å². The lowest BCUT2D eigenvalue weighted by Gasteiger charge is -2.28. The summed E-state index contributed by atoms with van der Waals surface area (Å²) in [4.78, 5) is 29.0. The quantitative estimate of drug-likeness (QED) is 0.267. The van der Waals surface area contributed by atoms with Crippen molar-refractivity contribution in [3.63, 3.8) is 0 Å². The Hall–Kier alpha value is -5.19. The van der Waals surface area contributed by atoms with Gasteiger partial charge in [0.05, 0.1) is 24.7 Å². The molecule has 0 aliphatic carbocycles. The smallest absolute Gasteiger partial charge is 0.269 e. The summed E-state index contributed by atoms with van der Waals surface area (Å²) in [6.45, 7) is 1.78. The van der Waals surface area contributed by atoms with Crippen LogP contribution in [0.2, 0.25) is 0 Å². The van der Waals surface area contributed by atoms with Crippen LogP contribution in [0, 0.1) is 10.1 Å². The van der Waals surface area contributed by atoms with Gasteiger partial charge in [-0.05, 0) is 48.9 Å². The number of carbonyl (C=O) groups excluding carboxylic acids is 1. The lowest BCUT2D eigenvalue weighted by molar-refractivity contribution is -0.384. The first-order valence-electron chi connectivity index (χ1n) is 11.7. The molecule has 0 saturated carbocycles. The van der Waals surface area contributed by atoms with Crippen LogP contribution < -0.4 is 20.1 Å². The molecule has 1 aliphatic rings. The maximum absolute atomic E-state index is 13.6. The second-order valence-corrected chi connectivity index (χ2v) is 8.54. The molecule has 1 aliphatic heterocycles. The minimum Gasteiger partial charge on any atom is -0.497 e. The van der Waals surface area contributed by atoms with Gasteiger partial charge in [-0.15, -0.1) is 5.10 Å². The van der Waals surface area contributed by atoms with Crippen LogP contribution in [0.25, 0.3) is 11.4 Å². The number of carbonyl (C=O) groups is 1. The van der Waals surface area contributed by atoms with Gasteiger partial charge in [-0.2, -0.15) is 4.98 Å². The first-order valence-corrected chi connectivity index (χ1v) is 11.7. The molecule has 0 bridgehead atoms. The van der Waals surface area contributed by atoms with E-state index in [1.54, 1.807) is 68.3 Å². The molecule has 11 nitrogen and oxygen atoms in total. The number of hydrogen-bond acceptors (Lipinski definition) is 8. The van der Waals surface area contributed by atoms with Crippen molar-refractivity contribution in [3.8, 4) is 22.9 Å². The molecular weight excluding hydrogens is 488 g/mol. The highest BCUT2D eigenvalue weighted by molar-refractivity contribution is 6.06. The number of nitro benzene ring substituents is 1. The number of ether oxygens (including phenoxy) is 2. The number of rotatable bonds is 7. The molecule has 1 atom stereocenters. The molecule has 3 aromatic carbocycles. The van der Waals surface area contributed by atoms with Crippen molar-refractivity contribution in [3.05, 3.63) is 99.7 Å². The molecule has 5 rings (SSSR count). The zero-order valence-electron chi connectivity index (χ0n) is 20.8. The third-order valence-corrected chi connectivity index (χ3v) is 6.16. The van der Waals surface area contributed by atoms with Gasteiger partial charge in [0.2, 0.25) is 5.95 Å². The topological polar surface area (TPSA) is 133 Å². The molecule has 2 N–H and O–H groups in total. The van der Waals surface area contributed by atoms with Gasteiger partial charge >= 0.3 is 0 Å². The molecule has 0 radical (unpaired) electrons. The summed E-state index contributed by atoms with van der Waals surface area (Å²) in [5, 5.41) is 22.1. The Morgan fingerprint density at radius 1 is 1.03 bits per heavy atom. The number of nitrogens with zero attached hydrogens (tertiary/aromatic N) is 4. The van der Waals surface area contributed by atoms with Gasteiger partial charge in [-0.25, -0.2) is 4.68 Å². The number of benzene rings is 3. The van der Waals surface area contributed by atoms with Crippen LogP contribution in [-0.2, 0) is 4.79 Å². The van der Waals surface area contributed by atoms with Gasteiger partial charge in [-0.1, -0.05) is 18.2 Å². The monoisotopic (exact) mass is 512 g/mol. The third kappa shape index (κ3) is 4.64. The molecule has 1 unspecified atom stereocenters. The first kappa shape index (κ1) is 24.5. The van der Waals surface area contributed by atoms with E-state index in [-0.39, 0.29) is 11.6 Å². The Labute approximate surface area is 217 Å². The molecule has 4 aromatic rings. The van der Waals surface area contributed by atoms with Gasteiger partial charge in [0, 0.05) is 35.1 Å². The molecule has 192 valence electrons. The summed E-state index contributed by atoms with van der Waals surface area (Å²) in [7, 11) is 3.11. The lowest BCUT2D eigenvalue weighted by atomic mass is 9.95. The van der Waals surface area contributed by atoms with Crippen molar-refractivity contribution in [1.29, 1.82) is 0 Å². The fraction of sp³-hybridized carbons (Fsp3) is 0.148. The minimum absolute atomic E-state index is 0.0540.